The van der Waals surface area contributed by atoms with E-state index in [0.717, 1.165) is 32.5 Å². The first kappa shape index (κ1) is 20.8. The maximum atomic E-state index is 13.3. The molecule has 2 heterocycles. The fourth-order valence-electron chi connectivity index (χ4n) is 4.61. The first-order valence-corrected chi connectivity index (χ1v) is 11.5. The third kappa shape index (κ3) is 3.30. The van der Waals surface area contributed by atoms with E-state index in [9.17, 15) is 14.4 Å². The number of aliphatic hydroxyl groups excluding tert-OH is 1. The summed E-state index contributed by atoms with van der Waals surface area (Å²) in [6, 6.07) is 15.8. The van der Waals surface area contributed by atoms with Gasteiger partial charge in [-0.3, -0.25) is 19.1 Å². The largest absolute Gasteiger partial charge is 0.395 e. The van der Waals surface area contributed by atoms with Gasteiger partial charge < -0.3 is 9.90 Å². The number of pyridine rings is 1. The summed E-state index contributed by atoms with van der Waals surface area (Å²) in [5, 5.41) is 14.2. The molecule has 0 bridgehead atoms. The van der Waals surface area contributed by atoms with E-state index >= 15 is 0 Å². The van der Waals surface area contributed by atoms with E-state index in [1.807, 2.05) is 36.4 Å². The number of benzene rings is 3. The predicted molar refractivity (Wildman–Crippen MR) is 130 cm³/mol. The van der Waals surface area contributed by atoms with Crippen LogP contribution in [0.25, 0.3) is 41.7 Å². The Balaban J connectivity index is 1.65. The Kier molecular flexibility index (Phi) is 5.46. The Morgan fingerprint density at radius 2 is 1.56 bits per heavy atom. The van der Waals surface area contributed by atoms with E-state index in [4.69, 9.17) is 5.11 Å². The van der Waals surface area contributed by atoms with Gasteiger partial charge in [0.25, 0.3) is 11.1 Å². The van der Waals surface area contributed by atoms with Crippen LogP contribution in [-0.2, 0) is 11.3 Å². The molecule has 0 unspecified atom stereocenters. The molecule has 5 rings (SSSR count). The number of fused-ring (bicyclic) bond motifs is 2. The molecule has 0 amide bonds. The van der Waals surface area contributed by atoms with E-state index in [2.05, 4.69) is 12.1 Å². The van der Waals surface area contributed by atoms with Crippen LogP contribution >= 0.6 is 11.3 Å². The van der Waals surface area contributed by atoms with Crippen molar-refractivity contribution < 1.29 is 9.90 Å². The molecule has 0 spiro atoms. The van der Waals surface area contributed by atoms with Gasteiger partial charge in [-0.05, 0) is 41.5 Å². The average molecular weight is 447 g/mol. The molecule has 7 heteroatoms. The Labute approximate surface area is 187 Å². The van der Waals surface area contributed by atoms with Crippen molar-refractivity contribution in [2.75, 3.05) is 26.2 Å². The smallest absolute Gasteiger partial charge is 0.261 e. The standard InChI is InChI=1S/C25H22N2O4S/c28-14-12-26(13-15-29)10-3-11-27-24(30)18-7-6-17-16-4-1-2-5-20(16)32-21-9-8-19(25(27)31)22(18)23(17)21/h1-2,4-9,14,29H,3,10-13,15H2. The van der Waals surface area contributed by atoms with Crippen LogP contribution in [0.1, 0.15) is 6.42 Å². The Hall–Kier alpha value is -3.13. The normalized spacial score (nSPS) is 12.1. The minimum absolute atomic E-state index is 0.0450. The number of carbonyl (C=O) groups is 1. The summed E-state index contributed by atoms with van der Waals surface area (Å²) in [6.07, 6.45) is 1.32. The van der Waals surface area contributed by atoms with Crippen molar-refractivity contribution in [3.05, 3.63) is 69.2 Å². The lowest BCUT2D eigenvalue weighted by atomic mass is 9.98. The Morgan fingerprint density at radius 1 is 0.844 bits per heavy atom. The molecule has 32 heavy (non-hydrogen) atoms. The van der Waals surface area contributed by atoms with Crippen LogP contribution < -0.4 is 11.1 Å². The Morgan fingerprint density at radius 3 is 2.31 bits per heavy atom. The topological polar surface area (TPSA) is 79.6 Å². The van der Waals surface area contributed by atoms with Gasteiger partial charge >= 0.3 is 0 Å². The van der Waals surface area contributed by atoms with Gasteiger partial charge in [-0.15, -0.1) is 11.3 Å². The number of aldehydes is 1. The van der Waals surface area contributed by atoms with Crippen molar-refractivity contribution in [1.82, 2.24) is 9.47 Å². The van der Waals surface area contributed by atoms with Crippen molar-refractivity contribution in [2.24, 2.45) is 0 Å². The average Bonchev–Trinajstić information content (AvgIpc) is 2.81. The summed E-state index contributed by atoms with van der Waals surface area (Å²) < 4.78 is 3.53. The van der Waals surface area contributed by atoms with Gasteiger partial charge in [0.15, 0.2) is 0 Å². The molecule has 0 aliphatic heterocycles. The molecule has 5 aromatic rings. The van der Waals surface area contributed by atoms with Gasteiger partial charge in [-0.1, -0.05) is 24.3 Å². The van der Waals surface area contributed by atoms with Crippen LogP contribution in [-0.4, -0.2) is 47.1 Å². The highest BCUT2D eigenvalue weighted by Crippen LogP contribution is 2.39. The number of aromatic nitrogens is 1. The van der Waals surface area contributed by atoms with Gasteiger partial charge in [0.2, 0.25) is 0 Å². The van der Waals surface area contributed by atoms with Gasteiger partial charge in [-0.25, -0.2) is 0 Å². The molecule has 2 aromatic heterocycles. The van der Waals surface area contributed by atoms with Crippen LogP contribution in [0.2, 0.25) is 0 Å². The predicted octanol–water partition coefficient (Wildman–Crippen LogP) is 3.20. The third-order valence-corrected chi connectivity index (χ3v) is 7.21. The van der Waals surface area contributed by atoms with Crippen molar-refractivity contribution in [3.63, 3.8) is 0 Å². The fraction of sp³-hybridized carbons (Fsp3) is 0.240. The third-order valence-electron chi connectivity index (χ3n) is 6.08. The second-order valence-corrected chi connectivity index (χ2v) is 9.01. The SMILES string of the molecule is O=CCN(CCO)CCCn1c(=O)c2ccc3sc4ccccc4c4ccc(c1=O)c2c34. The van der Waals surface area contributed by atoms with Crippen molar-refractivity contribution in [3.8, 4) is 0 Å². The summed E-state index contributed by atoms with van der Waals surface area (Å²) in [5.74, 6) is 0. The molecule has 0 aliphatic carbocycles. The molecule has 0 atom stereocenters. The van der Waals surface area contributed by atoms with Crippen LogP contribution in [0.5, 0.6) is 0 Å². The summed E-state index contributed by atoms with van der Waals surface area (Å²) in [7, 11) is 0. The highest BCUT2D eigenvalue weighted by molar-refractivity contribution is 7.25. The van der Waals surface area contributed by atoms with E-state index < -0.39 is 0 Å². The quantitative estimate of drug-likeness (QED) is 0.225. The Bertz CT molecular complexity index is 1540. The number of rotatable bonds is 8. The van der Waals surface area contributed by atoms with Crippen LogP contribution in [0.15, 0.2) is 58.1 Å². The summed E-state index contributed by atoms with van der Waals surface area (Å²) in [6.45, 7) is 1.34. The number of aliphatic hydroxyl groups is 1. The van der Waals surface area contributed by atoms with Crippen LogP contribution in [0.4, 0.5) is 0 Å². The molecule has 0 aliphatic rings. The van der Waals surface area contributed by atoms with Gasteiger partial charge in [-0.2, -0.15) is 0 Å². The molecule has 1 N–H and O–H groups in total. The summed E-state index contributed by atoms with van der Waals surface area (Å²) in [4.78, 5) is 39.2. The van der Waals surface area contributed by atoms with Crippen LogP contribution in [0, 0.1) is 0 Å². The lowest BCUT2D eigenvalue weighted by Crippen LogP contribution is -2.35. The molecular formula is C25H22N2O4S. The monoisotopic (exact) mass is 446 g/mol. The van der Waals surface area contributed by atoms with Gasteiger partial charge in [0.05, 0.1) is 13.2 Å². The maximum absolute atomic E-state index is 13.3. The van der Waals surface area contributed by atoms with Crippen molar-refractivity contribution >= 4 is 59.3 Å². The minimum atomic E-state index is -0.279. The van der Waals surface area contributed by atoms with E-state index in [-0.39, 0.29) is 30.8 Å². The zero-order valence-electron chi connectivity index (χ0n) is 17.4. The molecule has 0 radical (unpaired) electrons. The molecule has 0 saturated carbocycles. The van der Waals surface area contributed by atoms with Crippen molar-refractivity contribution in [2.45, 2.75) is 13.0 Å². The summed E-state index contributed by atoms with van der Waals surface area (Å²) >= 11 is 1.67. The van der Waals surface area contributed by atoms with E-state index in [1.54, 1.807) is 16.2 Å². The highest BCUT2D eigenvalue weighted by atomic mass is 32.1. The van der Waals surface area contributed by atoms with E-state index in [0.29, 0.717) is 30.3 Å². The number of hydrogen-bond acceptors (Lipinski definition) is 6. The second-order valence-electron chi connectivity index (χ2n) is 7.93. The molecule has 3 aromatic carbocycles. The van der Waals surface area contributed by atoms with E-state index in [1.165, 1.54) is 9.27 Å². The molecule has 0 saturated heterocycles. The van der Waals surface area contributed by atoms with Gasteiger partial charge in [0.1, 0.15) is 6.29 Å². The second kappa shape index (κ2) is 8.43. The molecule has 0 fully saturated rings. The first-order chi connectivity index (χ1) is 15.6. The lowest BCUT2D eigenvalue weighted by Gasteiger charge is -2.18. The lowest BCUT2D eigenvalue weighted by molar-refractivity contribution is -0.109. The summed E-state index contributed by atoms with van der Waals surface area (Å²) in [5.41, 5.74) is -0.557. The number of hydrogen-bond donors (Lipinski definition) is 1. The number of carbonyl (C=O) groups excluding carboxylic acids is 1. The van der Waals surface area contributed by atoms with Crippen molar-refractivity contribution in [1.29, 1.82) is 0 Å². The highest BCUT2D eigenvalue weighted by Gasteiger charge is 2.18. The minimum Gasteiger partial charge on any atom is -0.395 e. The maximum Gasteiger partial charge on any atom is 0.261 e. The number of nitrogens with zero attached hydrogens (tertiary/aromatic N) is 2. The molecular weight excluding hydrogens is 424 g/mol. The molecule has 6 nitrogen and oxygen atoms in total. The van der Waals surface area contributed by atoms with Crippen LogP contribution in [0.3, 0.4) is 0 Å². The zero-order valence-corrected chi connectivity index (χ0v) is 18.2. The fourth-order valence-corrected chi connectivity index (χ4v) is 5.73. The molecule has 162 valence electrons. The zero-order chi connectivity index (χ0) is 22.2. The first-order valence-electron chi connectivity index (χ1n) is 10.6. The van der Waals surface area contributed by atoms with Gasteiger partial charge in [0, 0.05) is 50.6 Å².